The first-order valence-corrected chi connectivity index (χ1v) is 8.70. The predicted octanol–water partition coefficient (Wildman–Crippen LogP) is 3.98. The fraction of sp³-hybridized carbons (Fsp3) is 0.333. The van der Waals surface area contributed by atoms with Crippen molar-refractivity contribution in [3.05, 3.63) is 58.9 Å². The van der Waals surface area contributed by atoms with Crippen molar-refractivity contribution in [2.75, 3.05) is 6.54 Å². The number of hydrogen-bond acceptors (Lipinski definition) is 2. The van der Waals surface area contributed by atoms with Gasteiger partial charge in [-0.3, -0.25) is 4.79 Å². The Morgan fingerprint density at radius 3 is 2.58 bits per heavy atom. The molecule has 5 heteroatoms. The van der Waals surface area contributed by atoms with Crippen LogP contribution in [0.3, 0.4) is 0 Å². The van der Waals surface area contributed by atoms with Crippen LogP contribution in [0, 0.1) is 24.6 Å². The fourth-order valence-corrected chi connectivity index (χ4v) is 3.62. The standard InChI is InChI=1S/C21H22FNO3/c1-11(2)17-10-23-20(24)19(17)14-7-13(8-15(9-14)21(25)26)16-5-4-12(3)6-18(16)22/h4-9,11,17,19H,10H2,1-3H3,(H,23,24)(H,25,26)/t17?,19-/m0/s1. The Morgan fingerprint density at radius 2 is 1.96 bits per heavy atom. The van der Waals surface area contributed by atoms with E-state index in [1.807, 2.05) is 13.8 Å². The van der Waals surface area contributed by atoms with E-state index in [0.717, 1.165) is 5.56 Å². The molecule has 1 unspecified atom stereocenters. The fourth-order valence-electron chi connectivity index (χ4n) is 3.62. The summed E-state index contributed by atoms with van der Waals surface area (Å²) in [7, 11) is 0. The lowest BCUT2D eigenvalue weighted by Crippen LogP contribution is -2.20. The molecule has 1 aliphatic heterocycles. The number of carbonyl (C=O) groups excluding carboxylic acids is 1. The molecule has 0 bridgehead atoms. The third-order valence-electron chi connectivity index (χ3n) is 5.08. The van der Waals surface area contributed by atoms with E-state index in [0.29, 0.717) is 23.2 Å². The number of benzene rings is 2. The van der Waals surface area contributed by atoms with Gasteiger partial charge in [0, 0.05) is 12.1 Å². The third kappa shape index (κ3) is 3.34. The van der Waals surface area contributed by atoms with Crippen molar-refractivity contribution in [3.8, 4) is 11.1 Å². The maximum Gasteiger partial charge on any atom is 0.335 e. The summed E-state index contributed by atoms with van der Waals surface area (Å²) in [4.78, 5) is 24.0. The van der Waals surface area contributed by atoms with Crippen molar-refractivity contribution in [3.63, 3.8) is 0 Å². The van der Waals surface area contributed by atoms with Crippen molar-refractivity contribution in [1.82, 2.24) is 5.32 Å². The van der Waals surface area contributed by atoms with E-state index in [4.69, 9.17) is 0 Å². The number of carboxylic acids is 1. The van der Waals surface area contributed by atoms with Crippen LogP contribution in [-0.2, 0) is 4.79 Å². The first-order valence-electron chi connectivity index (χ1n) is 8.70. The number of hydrogen-bond donors (Lipinski definition) is 2. The third-order valence-corrected chi connectivity index (χ3v) is 5.08. The molecule has 26 heavy (non-hydrogen) atoms. The topological polar surface area (TPSA) is 66.4 Å². The summed E-state index contributed by atoms with van der Waals surface area (Å²) in [5.41, 5.74) is 2.27. The molecule has 1 amide bonds. The van der Waals surface area contributed by atoms with Crippen LogP contribution in [0.25, 0.3) is 11.1 Å². The Hall–Kier alpha value is -2.69. The quantitative estimate of drug-likeness (QED) is 0.872. The lowest BCUT2D eigenvalue weighted by atomic mass is 9.80. The lowest BCUT2D eigenvalue weighted by molar-refractivity contribution is -0.120. The molecule has 0 saturated carbocycles. The zero-order valence-corrected chi connectivity index (χ0v) is 15.0. The highest BCUT2D eigenvalue weighted by Gasteiger charge is 2.38. The van der Waals surface area contributed by atoms with E-state index in [1.165, 1.54) is 18.2 Å². The molecule has 1 heterocycles. The van der Waals surface area contributed by atoms with Crippen molar-refractivity contribution in [2.45, 2.75) is 26.7 Å². The number of aryl methyl sites for hydroxylation is 1. The van der Waals surface area contributed by atoms with Crippen molar-refractivity contribution < 1.29 is 19.1 Å². The van der Waals surface area contributed by atoms with Gasteiger partial charge in [0.1, 0.15) is 5.82 Å². The van der Waals surface area contributed by atoms with E-state index >= 15 is 0 Å². The van der Waals surface area contributed by atoms with Gasteiger partial charge in [-0.25, -0.2) is 9.18 Å². The molecule has 0 radical (unpaired) electrons. The maximum atomic E-state index is 14.4. The van der Waals surface area contributed by atoms with Gasteiger partial charge >= 0.3 is 5.97 Å². The second kappa shape index (κ2) is 6.90. The number of rotatable bonds is 4. The Balaban J connectivity index is 2.16. The highest BCUT2D eigenvalue weighted by Crippen LogP contribution is 2.37. The molecule has 1 saturated heterocycles. The van der Waals surface area contributed by atoms with Crippen LogP contribution < -0.4 is 5.32 Å². The molecule has 0 spiro atoms. The van der Waals surface area contributed by atoms with Gasteiger partial charge in [-0.1, -0.05) is 32.0 Å². The van der Waals surface area contributed by atoms with Crippen LogP contribution in [-0.4, -0.2) is 23.5 Å². The van der Waals surface area contributed by atoms with Crippen LogP contribution in [0.2, 0.25) is 0 Å². The highest BCUT2D eigenvalue weighted by molar-refractivity contribution is 5.92. The zero-order chi connectivity index (χ0) is 19.0. The van der Waals surface area contributed by atoms with Crippen LogP contribution in [0.15, 0.2) is 36.4 Å². The summed E-state index contributed by atoms with van der Waals surface area (Å²) < 4.78 is 14.4. The summed E-state index contributed by atoms with van der Waals surface area (Å²) in [5, 5.41) is 12.3. The molecular formula is C21H22FNO3. The van der Waals surface area contributed by atoms with E-state index in [-0.39, 0.29) is 23.3 Å². The van der Waals surface area contributed by atoms with Gasteiger partial charge in [-0.2, -0.15) is 0 Å². The van der Waals surface area contributed by atoms with Crippen LogP contribution in [0.5, 0.6) is 0 Å². The summed E-state index contributed by atoms with van der Waals surface area (Å²) >= 11 is 0. The summed E-state index contributed by atoms with van der Waals surface area (Å²) in [6, 6.07) is 9.57. The predicted molar refractivity (Wildman–Crippen MR) is 97.6 cm³/mol. The molecule has 0 aliphatic carbocycles. The average molecular weight is 355 g/mol. The number of carbonyl (C=O) groups is 2. The molecule has 0 aromatic heterocycles. The zero-order valence-electron chi connectivity index (χ0n) is 15.0. The molecule has 1 aliphatic rings. The Kier molecular flexibility index (Phi) is 4.81. The van der Waals surface area contributed by atoms with Crippen molar-refractivity contribution >= 4 is 11.9 Å². The van der Waals surface area contributed by atoms with Crippen molar-refractivity contribution in [2.24, 2.45) is 11.8 Å². The van der Waals surface area contributed by atoms with Gasteiger partial charge in [0.2, 0.25) is 5.91 Å². The molecule has 2 N–H and O–H groups in total. The van der Waals surface area contributed by atoms with Crippen LogP contribution in [0.1, 0.15) is 41.3 Å². The Labute approximate surface area is 152 Å². The maximum absolute atomic E-state index is 14.4. The Bertz CT molecular complexity index is 876. The molecule has 136 valence electrons. The van der Waals surface area contributed by atoms with Crippen molar-refractivity contribution in [1.29, 1.82) is 0 Å². The van der Waals surface area contributed by atoms with E-state index in [1.54, 1.807) is 25.1 Å². The molecule has 1 fully saturated rings. The van der Waals surface area contributed by atoms with E-state index in [2.05, 4.69) is 5.32 Å². The van der Waals surface area contributed by atoms with Crippen LogP contribution >= 0.6 is 0 Å². The molecular weight excluding hydrogens is 333 g/mol. The van der Waals surface area contributed by atoms with E-state index in [9.17, 15) is 19.1 Å². The molecule has 4 nitrogen and oxygen atoms in total. The lowest BCUT2D eigenvalue weighted by Gasteiger charge is -2.21. The van der Waals surface area contributed by atoms with Gasteiger partial charge in [0.05, 0.1) is 11.5 Å². The normalized spacial score (nSPS) is 19.7. The smallest absolute Gasteiger partial charge is 0.335 e. The van der Waals surface area contributed by atoms with E-state index < -0.39 is 17.7 Å². The molecule has 2 atom stereocenters. The number of nitrogens with one attached hydrogen (secondary N) is 1. The van der Waals surface area contributed by atoms with Gasteiger partial charge in [0.15, 0.2) is 0 Å². The van der Waals surface area contributed by atoms with Gasteiger partial charge in [0.25, 0.3) is 0 Å². The number of aromatic carboxylic acids is 1. The van der Waals surface area contributed by atoms with Gasteiger partial charge < -0.3 is 10.4 Å². The van der Waals surface area contributed by atoms with Gasteiger partial charge in [-0.05, 0) is 53.6 Å². The second-order valence-electron chi connectivity index (χ2n) is 7.26. The number of carboxylic acid groups (broad SMARTS) is 1. The highest BCUT2D eigenvalue weighted by atomic mass is 19.1. The minimum Gasteiger partial charge on any atom is -0.478 e. The number of halogens is 1. The number of amides is 1. The molecule has 2 aromatic rings. The SMILES string of the molecule is Cc1ccc(-c2cc(C(=O)O)cc([C@@H]3C(=O)NCC3C(C)C)c2)c(F)c1. The first-order chi connectivity index (χ1) is 12.3. The first kappa shape index (κ1) is 18.1. The van der Waals surface area contributed by atoms with Gasteiger partial charge in [-0.15, -0.1) is 0 Å². The van der Waals surface area contributed by atoms with Crippen LogP contribution in [0.4, 0.5) is 4.39 Å². The minimum absolute atomic E-state index is 0.0553. The largest absolute Gasteiger partial charge is 0.478 e. The Morgan fingerprint density at radius 1 is 1.23 bits per heavy atom. The monoisotopic (exact) mass is 355 g/mol. The molecule has 2 aromatic carbocycles. The second-order valence-corrected chi connectivity index (χ2v) is 7.26. The average Bonchev–Trinajstić information content (AvgIpc) is 2.96. The summed E-state index contributed by atoms with van der Waals surface area (Å²) in [5.74, 6) is -1.72. The summed E-state index contributed by atoms with van der Waals surface area (Å²) in [6.07, 6.45) is 0. The minimum atomic E-state index is -1.10. The molecule has 3 rings (SSSR count). The summed E-state index contributed by atoms with van der Waals surface area (Å²) in [6.45, 7) is 6.44.